The number of nitrogens with zero attached hydrogens (tertiary/aromatic N) is 3. The number of carbonyl (C=O) groups is 2. The Kier molecular flexibility index (Phi) is 8.36. The molecule has 39 heavy (non-hydrogen) atoms. The molecular weight excluding hydrogens is 522 g/mol. The molecule has 5 rings (SSSR count). The van der Waals surface area contributed by atoms with E-state index in [1.807, 2.05) is 24.3 Å². The summed E-state index contributed by atoms with van der Waals surface area (Å²) in [6, 6.07) is 8.44. The summed E-state index contributed by atoms with van der Waals surface area (Å²) in [4.78, 5) is 38.8. The Bertz CT molecular complexity index is 1400. The van der Waals surface area contributed by atoms with E-state index >= 15 is 0 Å². The van der Waals surface area contributed by atoms with Crippen molar-refractivity contribution in [3.8, 4) is 5.88 Å². The quantitative estimate of drug-likeness (QED) is 0.327. The Morgan fingerprint density at radius 1 is 1.28 bits per heavy atom. The molecule has 0 saturated carbocycles. The molecule has 0 spiro atoms. The third kappa shape index (κ3) is 6.36. The predicted molar refractivity (Wildman–Crippen MR) is 146 cm³/mol. The molecule has 2 amide bonds. The third-order valence-electron chi connectivity index (χ3n) is 6.59. The first kappa shape index (κ1) is 27.0. The van der Waals surface area contributed by atoms with Gasteiger partial charge in [0.25, 0.3) is 5.91 Å². The van der Waals surface area contributed by atoms with Crippen molar-refractivity contribution in [3.05, 3.63) is 53.9 Å². The fourth-order valence-electron chi connectivity index (χ4n) is 4.61. The van der Waals surface area contributed by atoms with Crippen LogP contribution in [0.3, 0.4) is 0 Å². The first-order valence-electron chi connectivity index (χ1n) is 12.6. The van der Waals surface area contributed by atoms with Crippen LogP contribution in [0.15, 0.2) is 47.5 Å². The van der Waals surface area contributed by atoms with Gasteiger partial charge >= 0.3 is 0 Å². The number of carbonyl (C=O) groups excluding carboxylic acids is 2. The van der Waals surface area contributed by atoms with E-state index in [0.29, 0.717) is 35.8 Å². The van der Waals surface area contributed by atoms with Crippen LogP contribution in [0, 0.1) is 0 Å². The molecule has 3 aromatic rings. The van der Waals surface area contributed by atoms with Crippen LogP contribution in [0.4, 0.5) is 5.82 Å². The van der Waals surface area contributed by atoms with Gasteiger partial charge in [-0.1, -0.05) is 12.2 Å². The van der Waals surface area contributed by atoms with Gasteiger partial charge in [-0.25, -0.2) is 9.97 Å². The summed E-state index contributed by atoms with van der Waals surface area (Å²) >= 11 is 1.37. The fraction of sp³-hybridized carbons (Fsp3) is 0.370. The minimum atomic E-state index is -0.993. The zero-order valence-electron chi connectivity index (χ0n) is 21.2. The van der Waals surface area contributed by atoms with E-state index in [2.05, 4.69) is 25.6 Å². The summed E-state index contributed by atoms with van der Waals surface area (Å²) in [5.74, 6) is 0.607. The summed E-state index contributed by atoms with van der Waals surface area (Å²) in [5, 5.41) is 25.2. The van der Waals surface area contributed by atoms with Crippen molar-refractivity contribution in [2.45, 2.75) is 48.5 Å². The van der Waals surface area contributed by atoms with Crippen LogP contribution in [-0.2, 0) is 9.53 Å². The molecule has 4 atom stereocenters. The Morgan fingerprint density at radius 2 is 2.15 bits per heavy atom. The maximum absolute atomic E-state index is 13.1. The molecule has 2 aliphatic rings. The van der Waals surface area contributed by atoms with Crippen LogP contribution in [-0.4, -0.2) is 80.8 Å². The Labute approximate surface area is 229 Å². The molecule has 12 heteroatoms. The smallest absolute Gasteiger partial charge is 0.270 e. The zero-order chi connectivity index (χ0) is 27.4. The van der Waals surface area contributed by atoms with E-state index in [9.17, 15) is 19.8 Å². The first-order valence-corrected chi connectivity index (χ1v) is 13.6. The number of rotatable bonds is 8. The lowest BCUT2D eigenvalue weighted by molar-refractivity contribution is -0.113. The van der Waals surface area contributed by atoms with Gasteiger partial charge in [-0.15, -0.1) is 11.8 Å². The van der Waals surface area contributed by atoms with Crippen LogP contribution < -0.4 is 15.4 Å². The highest BCUT2D eigenvalue weighted by molar-refractivity contribution is 8.00. The van der Waals surface area contributed by atoms with Gasteiger partial charge in [0.05, 0.1) is 59.8 Å². The predicted octanol–water partition coefficient (Wildman–Crippen LogP) is 2.18. The summed E-state index contributed by atoms with van der Waals surface area (Å²) < 4.78 is 11.5. The number of methoxy groups -OCH3 is 1. The standard InChI is InChI=1S/C27H29N5O6S/c1-37-24-9-7-19-25(32-24)15(10-11-28-19)2-3-17-4-5-18(21(38-17)12-16(34)13-33)30-27(36)20-6-8-22-26(29-20)31-23(35)14-39-22/h2-3,6-11,16-18,21,33-34H,4-5,12-14H2,1H3,(H,30,36)(H,29,31,35)/b3-2+/t16-,17+,18+,21+/m0/s1. The highest BCUT2D eigenvalue weighted by atomic mass is 32.2. The van der Waals surface area contributed by atoms with Crippen LogP contribution >= 0.6 is 11.8 Å². The van der Waals surface area contributed by atoms with E-state index in [1.54, 1.807) is 31.5 Å². The van der Waals surface area contributed by atoms with Crippen molar-refractivity contribution in [3.63, 3.8) is 0 Å². The van der Waals surface area contributed by atoms with Crippen molar-refractivity contribution in [1.82, 2.24) is 20.3 Å². The van der Waals surface area contributed by atoms with E-state index in [1.165, 1.54) is 11.8 Å². The van der Waals surface area contributed by atoms with Crippen molar-refractivity contribution in [1.29, 1.82) is 0 Å². The summed E-state index contributed by atoms with van der Waals surface area (Å²) in [6.07, 6.45) is 5.10. The van der Waals surface area contributed by atoms with Gasteiger partial charge in [0, 0.05) is 24.2 Å². The van der Waals surface area contributed by atoms with Gasteiger partial charge in [-0.3, -0.25) is 14.6 Å². The summed E-state index contributed by atoms with van der Waals surface area (Å²) in [6.45, 7) is -0.415. The SMILES string of the molecule is COc1ccc2nccc(/C=C/[C@@H]3CC[C@@H](NC(=O)c4ccc5c(n4)NC(=O)CS5)[C@@H](C[C@H](O)CO)O3)c2n1. The number of hydrogen-bond acceptors (Lipinski definition) is 10. The van der Waals surface area contributed by atoms with Crippen molar-refractivity contribution in [2.24, 2.45) is 0 Å². The number of aliphatic hydroxyl groups excluding tert-OH is 2. The maximum Gasteiger partial charge on any atom is 0.270 e. The van der Waals surface area contributed by atoms with E-state index in [-0.39, 0.29) is 24.1 Å². The second-order valence-corrected chi connectivity index (χ2v) is 10.3. The normalized spacial score (nSPS) is 21.8. The number of fused-ring (bicyclic) bond motifs is 2. The molecule has 11 nitrogen and oxygen atoms in total. The van der Waals surface area contributed by atoms with Gasteiger partial charge in [0.2, 0.25) is 11.8 Å². The number of aromatic nitrogens is 3. The monoisotopic (exact) mass is 551 g/mol. The number of nitrogens with one attached hydrogen (secondary N) is 2. The molecule has 0 unspecified atom stereocenters. The topological polar surface area (TPSA) is 156 Å². The Morgan fingerprint density at radius 3 is 2.97 bits per heavy atom. The number of anilines is 1. The number of hydrogen-bond donors (Lipinski definition) is 4. The minimum Gasteiger partial charge on any atom is -0.481 e. The van der Waals surface area contributed by atoms with Crippen LogP contribution in [0.25, 0.3) is 17.1 Å². The molecule has 0 radical (unpaired) electrons. The van der Waals surface area contributed by atoms with Crippen molar-refractivity contribution in [2.75, 3.05) is 24.8 Å². The van der Waals surface area contributed by atoms with Crippen molar-refractivity contribution >= 4 is 46.5 Å². The fourth-order valence-corrected chi connectivity index (χ4v) is 5.36. The Balaban J connectivity index is 1.30. The zero-order valence-corrected chi connectivity index (χ0v) is 22.1. The lowest BCUT2D eigenvalue weighted by Crippen LogP contribution is -2.50. The molecule has 204 valence electrons. The average Bonchev–Trinajstić information content (AvgIpc) is 2.96. The summed E-state index contributed by atoms with van der Waals surface area (Å²) in [7, 11) is 1.56. The molecule has 1 fully saturated rings. The number of amides is 2. The largest absolute Gasteiger partial charge is 0.481 e. The highest BCUT2D eigenvalue weighted by Gasteiger charge is 2.33. The molecule has 4 N–H and O–H groups in total. The number of aliphatic hydroxyl groups is 2. The van der Waals surface area contributed by atoms with Crippen LogP contribution in [0.2, 0.25) is 0 Å². The number of ether oxygens (including phenoxy) is 2. The van der Waals surface area contributed by atoms with Crippen LogP contribution in [0.1, 0.15) is 35.3 Å². The van der Waals surface area contributed by atoms with E-state index < -0.39 is 30.8 Å². The molecule has 0 aromatic carbocycles. The van der Waals surface area contributed by atoms with Gasteiger partial charge in [0.15, 0.2) is 0 Å². The second kappa shape index (κ2) is 12.1. The number of pyridine rings is 3. The first-order chi connectivity index (χ1) is 18.9. The average molecular weight is 552 g/mol. The molecule has 3 aromatic heterocycles. The molecule has 0 bridgehead atoms. The summed E-state index contributed by atoms with van der Waals surface area (Å²) in [5.41, 5.74) is 2.47. The Hall–Kier alpha value is -3.58. The minimum absolute atomic E-state index is 0.146. The maximum atomic E-state index is 13.1. The van der Waals surface area contributed by atoms with E-state index in [0.717, 1.165) is 16.0 Å². The van der Waals surface area contributed by atoms with Crippen molar-refractivity contribution < 1.29 is 29.3 Å². The lowest BCUT2D eigenvalue weighted by Gasteiger charge is -2.37. The molecule has 1 saturated heterocycles. The lowest BCUT2D eigenvalue weighted by atomic mass is 9.94. The molecule has 0 aliphatic carbocycles. The number of thioether (sulfide) groups is 1. The third-order valence-corrected chi connectivity index (χ3v) is 7.64. The molecule has 5 heterocycles. The van der Waals surface area contributed by atoms with Crippen LogP contribution in [0.5, 0.6) is 5.88 Å². The van der Waals surface area contributed by atoms with Gasteiger partial charge in [0.1, 0.15) is 11.5 Å². The van der Waals surface area contributed by atoms with Gasteiger partial charge in [-0.2, -0.15) is 0 Å². The second-order valence-electron chi connectivity index (χ2n) is 9.30. The highest BCUT2D eigenvalue weighted by Crippen LogP contribution is 2.30. The van der Waals surface area contributed by atoms with Gasteiger partial charge < -0.3 is 30.3 Å². The van der Waals surface area contributed by atoms with E-state index in [4.69, 9.17) is 9.47 Å². The molecule has 2 aliphatic heterocycles. The molecular formula is C27H29N5O6S. The van der Waals surface area contributed by atoms with Gasteiger partial charge in [-0.05, 0) is 37.1 Å².